The first-order valence-electron chi connectivity index (χ1n) is 6.40. The summed E-state index contributed by atoms with van der Waals surface area (Å²) in [6, 6.07) is 6.55. The van der Waals surface area contributed by atoms with Crippen LogP contribution in [-0.2, 0) is 0 Å². The first-order valence-corrected chi connectivity index (χ1v) is 7.69. The third-order valence-electron chi connectivity index (χ3n) is 3.58. The van der Waals surface area contributed by atoms with Crippen LogP contribution < -0.4 is 5.32 Å². The van der Waals surface area contributed by atoms with Crippen LogP contribution in [0.2, 0.25) is 0 Å². The molecule has 1 aliphatic rings. The Bertz CT molecular complexity index is 371. The molecule has 18 heavy (non-hydrogen) atoms. The Labute approximate surface area is 112 Å². The second-order valence-corrected chi connectivity index (χ2v) is 5.86. The highest BCUT2D eigenvalue weighted by Crippen LogP contribution is 2.28. The second-order valence-electron chi connectivity index (χ2n) is 4.79. The van der Waals surface area contributed by atoms with Crippen molar-refractivity contribution in [2.75, 3.05) is 12.8 Å². The fourth-order valence-electron chi connectivity index (χ4n) is 2.51. The van der Waals surface area contributed by atoms with Crippen LogP contribution in [0.4, 0.5) is 4.39 Å². The number of thioether (sulfide) groups is 1. The minimum atomic E-state index is -0.561. The second kappa shape index (κ2) is 6.55. The molecule has 100 valence electrons. The van der Waals surface area contributed by atoms with Gasteiger partial charge in [0.25, 0.3) is 0 Å². The molecule has 0 saturated heterocycles. The van der Waals surface area contributed by atoms with E-state index in [0.717, 1.165) is 5.56 Å². The zero-order chi connectivity index (χ0) is 13.0. The maximum atomic E-state index is 12.8. The fraction of sp³-hybridized carbons (Fsp3) is 0.571. The van der Waals surface area contributed by atoms with Gasteiger partial charge in [0.05, 0.1) is 6.10 Å². The maximum Gasteiger partial charge on any atom is 0.123 e. The molecule has 1 fully saturated rings. The van der Waals surface area contributed by atoms with E-state index >= 15 is 0 Å². The van der Waals surface area contributed by atoms with Crippen LogP contribution in [-0.4, -0.2) is 29.2 Å². The third kappa shape index (κ3) is 3.46. The highest BCUT2D eigenvalue weighted by Gasteiger charge is 2.26. The van der Waals surface area contributed by atoms with E-state index in [1.807, 2.05) is 11.8 Å². The topological polar surface area (TPSA) is 32.3 Å². The number of hydrogen-bond acceptors (Lipinski definition) is 3. The Morgan fingerprint density at radius 3 is 2.78 bits per heavy atom. The fourth-order valence-corrected chi connectivity index (χ4v) is 3.47. The molecule has 1 aromatic carbocycles. The molecule has 0 bridgehead atoms. The molecule has 0 spiro atoms. The van der Waals surface area contributed by atoms with Gasteiger partial charge in [-0.2, -0.15) is 11.8 Å². The van der Waals surface area contributed by atoms with Crippen molar-refractivity contribution in [3.05, 3.63) is 35.6 Å². The number of aliphatic hydroxyl groups is 1. The van der Waals surface area contributed by atoms with Crippen molar-refractivity contribution in [2.24, 2.45) is 0 Å². The molecule has 1 aliphatic carbocycles. The van der Waals surface area contributed by atoms with Crippen molar-refractivity contribution in [3.8, 4) is 0 Å². The number of rotatable bonds is 5. The summed E-state index contributed by atoms with van der Waals surface area (Å²) in [4.78, 5) is 0. The third-order valence-corrected chi connectivity index (χ3v) is 4.75. The van der Waals surface area contributed by atoms with Crippen molar-refractivity contribution in [1.29, 1.82) is 0 Å². The molecule has 2 nitrogen and oxygen atoms in total. The average Bonchev–Trinajstić information content (AvgIpc) is 2.84. The summed E-state index contributed by atoms with van der Waals surface area (Å²) in [5.41, 5.74) is 0.766. The molecule has 0 radical (unpaired) electrons. The molecular formula is C14H20FNOS. The van der Waals surface area contributed by atoms with E-state index < -0.39 is 6.10 Å². The van der Waals surface area contributed by atoms with E-state index in [-0.39, 0.29) is 5.82 Å². The van der Waals surface area contributed by atoms with Crippen molar-refractivity contribution >= 4 is 11.8 Å². The zero-order valence-corrected chi connectivity index (χ0v) is 11.4. The maximum absolute atomic E-state index is 12.8. The summed E-state index contributed by atoms with van der Waals surface area (Å²) in [6.45, 7) is 0.535. The summed E-state index contributed by atoms with van der Waals surface area (Å²) in [5.74, 6) is -0.267. The van der Waals surface area contributed by atoms with Gasteiger partial charge in [0.2, 0.25) is 0 Å². The van der Waals surface area contributed by atoms with Crippen molar-refractivity contribution in [2.45, 2.75) is 36.7 Å². The Kier molecular flexibility index (Phi) is 5.03. The monoisotopic (exact) mass is 269 g/mol. The number of halogens is 1. The van der Waals surface area contributed by atoms with Crippen LogP contribution >= 0.6 is 11.8 Å². The van der Waals surface area contributed by atoms with Gasteiger partial charge in [-0.05, 0) is 36.8 Å². The van der Waals surface area contributed by atoms with Crippen LogP contribution in [0.15, 0.2) is 24.3 Å². The van der Waals surface area contributed by atoms with Gasteiger partial charge in [-0.15, -0.1) is 0 Å². The van der Waals surface area contributed by atoms with E-state index in [0.29, 0.717) is 17.8 Å². The summed E-state index contributed by atoms with van der Waals surface area (Å²) in [6.07, 6.45) is 5.28. The average molecular weight is 269 g/mol. The summed E-state index contributed by atoms with van der Waals surface area (Å²) < 4.78 is 12.8. The lowest BCUT2D eigenvalue weighted by molar-refractivity contribution is 0.170. The van der Waals surface area contributed by atoms with E-state index in [1.165, 1.54) is 31.4 Å². The van der Waals surface area contributed by atoms with Crippen LogP contribution in [0.1, 0.15) is 30.9 Å². The lowest BCUT2D eigenvalue weighted by Crippen LogP contribution is -2.36. The van der Waals surface area contributed by atoms with Crippen LogP contribution in [0, 0.1) is 5.82 Å². The lowest BCUT2D eigenvalue weighted by Gasteiger charge is -2.21. The largest absolute Gasteiger partial charge is 0.387 e. The SMILES string of the molecule is CSC1CCCC1NCC(O)c1ccc(F)cc1. The predicted molar refractivity (Wildman–Crippen MR) is 74.3 cm³/mol. The predicted octanol–water partition coefficient (Wildman–Crippen LogP) is 2.73. The molecular weight excluding hydrogens is 249 g/mol. The van der Waals surface area contributed by atoms with Gasteiger partial charge in [0.1, 0.15) is 5.82 Å². The number of nitrogens with one attached hydrogen (secondary N) is 1. The first-order chi connectivity index (χ1) is 8.70. The summed E-state index contributed by atoms with van der Waals surface area (Å²) in [7, 11) is 0. The number of aliphatic hydroxyl groups excluding tert-OH is 1. The highest BCUT2D eigenvalue weighted by molar-refractivity contribution is 7.99. The van der Waals surface area contributed by atoms with Gasteiger partial charge >= 0.3 is 0 Å². The minimum absolute atomic E-state index is 0.267. The minimum Gasteiger partial charge on any atom is -0.387 e. The van der Waals surface area contributed by atoms with Gasteiger partial charge in [-0.3, -0.25) is 0 Å². The molecule has 1 saturated carbocycles. The molecule has 4 heteroatoms. The molecule has 0 aromatic heterocycles. The van der Waals surface area contributed by atoms with Crippen LogP contribution in [0.3, 0.4) is 0 Å². The Balaban J connectivity index is 1.84. The van der Waals surface area contributed by atoms with E-state index in [9.17, 15) is 9.50 Å². The Hall–Kier alpha value is -0.580. The molecule has 2 rings (SSSR count). The van der Waals surface area contributed by atoms with Gasteiger partial charge in [-0.25, -0.2) is 4.39 Å². The molecule has 3 unspecified atom stereocenters. The van der Waals surface area contributed by atoms with Crippen LogP contribution in [0.25, 0.3) is 0 Å². The van der Waals surface area contributed by atoms with E-state index in [2.05, 4.69) is 11.6 Å². The first kappa shape index (κ1) is 13.8. The van der Waals surface area contributed by atoms with Gasteiger partial charge in [-0.1, -0.05) is 18.6 Å². The van der Waals surface area contributed by atoms with Crippen molar-refractivity contribution in [3.63, 3.8) is 0 Å². The zero-order valence-electron chi connectivity index (χ0n) is 10.6. The lowest BCUT2D eigenvalue weighted by atomic mass is 10.1. The molecule has 0 aliphatic heterocycles. The normalized spacial score (nSPS) is 25.3. The Morgan fingerprint density at radius 1 is 1.39 bits per heavy atom. The summed E-state index contributed by atoms with van der Waals surface area (Å²) in [5, 5.41) is 14.1. The number of hydrogen-bond donors (Lipinski definition) is 2. The van der Waals surface area contributed by atoms with Gasteiger partial charge < -0.3 is 10.4 Å². The van der Waals surface area contributed by atoms with Crippen molar-refractivity contribution in [1.82, 2.24) is 5.32 Å². The van der Waals surface area contributed by atoms with Crippen LogP contribution in [0.5, 0.6) is 0 Å². The quantitative estimate of drug-likeness (QED) is 0.862. The van der Waals surface area contributed by atoms with E-state index in [4.69, 9.17) is 0 Å². The molecule has 0 heterocycles. The van der Waals surface area contributed by atoms with Crippen molar-refractivity contribution < 1.29 is 9.50 Å². The molecule has 3 atom stereocenters. The standard InChI is InChI=1S/C14H20FNOS/c1-18-14-4-2-3-12(14)16-9-13(17)10-5-7-11(15)8-6-10/h5-8,12-14,16-17H,2-4,9H2,1H3. The number of benzene rings is 1. The smallest absolute Gasteiger partial charge is 0.123 e. The summed E-state index contributed by atoms with van der Waals surface area (Å²) >= 11 is 1.90. The molecule has 2 N–H and O–H groups in total. The highest BCUT2D eigenvalue weighted by atomic mass is 32.2. The Morgan fingerprint density at radius 2 is 2.11 bits per heavy atom. The molecule has 1 aromatic rings. The molecule has 0 amide bonds. The van der Waals surface area contributed by atoms with Gasteiger partial charge in [0, 0.05) is 17.8 Å². The van der Waals surface area contributed by atoms with E-state index in [1.54, 1.807) is 12.1 Å². The van der Waals surface area contributed by atoms with Gasteiger partial charge in [0.15, 0.2) is 0 Å².